The first kappa shape index (κ1) is 21.2. The molecule has 1 aromatic heterocycles. The van der Waals surface area contributed by atoms with Crippen LogP contribution in [0.5, 0.6) is 0 Å². The zero-order valence-electron chi connectivity index (χ0n) is 17.3. The van der Waals surface area contributed by atoms with Gasteiger partial charge in [0.25, 0.3) is 11.8 Å². The average molecular weight is 482 g/mol. The van der Waals surface area contributed by atoms with Crippen LogP contribution in [-0.2, 0) is 6.54 Å². The van der Waals surface area contributed by atoms with Gasteiger partial charge >= 0.3 is 0 Å². The molecule has 3 aromatic rings. The van der Waals surface area contributed by atoms with Crippen molar-refractivity contribution in [3.63, 3.8) is 0 Å². The van der Waals surface area contributed by atoms with Crippen molar-refractivity contribution >= 4 is 27.7 Å². The van der Waals surface area contributed by atoms with Gasteiger partial charge in [-0.2, -0.15) is 0 Å². The summed E-state index contributed by atoms with van der Waals surface area (Å²) in [5, 5.41) is 11.1. The van der Waals surface area contributed by atoms with Crippen molar-refractivity contribution in [2.24, 2.45) is 0 Å². The number of amides is 2. The third-order valence-corrected chi connectivity index (χ3v) is 5.93. The molecule has 1 aliphatic rings. The third-order valence-electron chi connectivity index (χ3n) is 5.43. The van der Waals surface area contributed by atoms with Crippen LogP contribution in [0.15, 0.2) is 53.0 Å². The fraction of sp³-hybridized carbons (Fsp3) is 0.304. The minimum atomic E-state index is -0.300. The summed E-state index contributed by atoms with van der Waals surface area (Å²) >= 11 is 3.44. The van der Waals surface area contributed by atoms with E-state index in [1.165, 1.54) is 6.42 Å². The van der Waals surface area contributed by atoms with E-state index in [0.29, 0.717) is 17.8 Å². The first-order valence-corrected chi connectivity index (χ1v) is 11.2. The Hall–Kier alpha value is -3.00. The Morgan fingerprint density at radius 1 is 1.06 bits per heavy atom. The number of nitrogens with one attached hydrogen (secondary N) is 1. The molecule has 7 nitrogen and oxygen atoms in total. The van der Waals surface area contributed by atoms with E-state index in [0.717, 1.165) is 41.7 Å². The molecule has 31 heavy (non-hydrogen) atoms. The molecule has 0 bridgehead atoms. The summed E-state index contributed by atoms with van der Waals surface area (Å²) in [4.78, 5) is 27.3. The molecular formula is C23H24BrN5O2. The van der Waals surface area contributed by atoms with E-state index < -0.39 is 0 Å². The maximum absolute atomic E-state index is 12.7. The maximum Gasteiger partial charge on any atom is 0.274 e. The summed E-state index contributed by atoms with van der Waals surface area (Å²) in [6.07, 6.45) is 3.30. The van der Waals surface area contributed by atoms with E-state index in [1.54, 1.807) is 4.68 Å². The number of carbonyl (C=O) groups excluding carboxylic acids is 2. The van der Waals surface area contributed by atoms with Crippen LogP contribution in [0, 0.1) is 6.92 Å². The van der Waals surface area contributed by atoms with Crippen LogP contribution in [0.1, 0.15) is 51.4 Å². The first-order chi connectivity index (χ1) is 15.0. The SMILES string of the molecule is Cc1c(C(=O)NCc2cccc(C(=O)N3CCCCC3)c2)nnn1-c1cccc(Br)c1. The van der Waals surface area contributed by atoms with Crippen LogP contribution in [0.3, 0.4) is 0 Å². The normalized spacial score (nSPS) is 13.8. The van der Waals surface area contributed by atoms with Crippen molar-refractivity contribution < 1.29 is 9.59 Å². The number of hydrogen-bond acceptors (Lipinski definition) is 4. The summed E-state index contributed by atoms with van der Waals surface area (Å²) in [5.74, 6) is -0.243. The second-order valence-corrected chi connectivity index (χ2v) is 8.57. The molecule has 2 amide bonds. The van der Waals surface area contributed by atoms with Gasteiger partial charge in [0.1, 0.15) is 0 Å². The van der Waals surface area contributed by atoms with Gasteiger partial charge in [-0.15, -0.1) is 5.10 Å². The van der Waals surface area contributed by atoms with E-state index in [-0.39, 0.29) is 17.5 Å². The van der Waals surface area contributed by atoms with Gasteiger partial charge in [0.2, 0.25) is 0 Å². The molecule has 1 aliphatic heterocycles. The van der Waals surface area contributed by atoms with Crippen molar-refractivity contribution in [3.8, 4) is 5.69 Å². The molecule has 4 rings (SSSR count). The predicted molar refractivity (Wildman–Crippen MR) is 121 cm³/mol. The zero-order chi connectivity index (χ0) is 21.8. The highest BCUT2D eigenvalue weighted by molar-refractivity contribution is 9.10. The number of piperidine rings is 1. The van der Waals surface area contributed by atoms with Gasteiger partial charge in [-0.25, -0.2) is 4.68 Å². The molecule has 0 saturated carbocycles. The Balaban J connectivity index is 1.43. The fourth-order valence-electron chi connectivity index (χ4n) is 3.75. The number of hydrogen-bond donors (Lipinski definition) is 1. The number of likely N-dealkylation sites (tertiary alicyclic amines) is 1. The minimum Gasteiger partial charge on any atom is -0.347 e. The zero-order valence-corrected chi connectivity index (χ0v) is 18.9. The van der Waals surface area contributed by atoms with Crippen molar-refractivity contribution in [1.29, 1.82) is 0 Å². The Morgan fingerprint density at radius 2 is 1.84 bits per heavy atom. The van der Waals surface area contributed by atoms with E-state index in [4.69, 9.17) is 0 Å². The minimum absolute atomic E-state index is 0.0562. The van der Waals surface area contributed by atoms with Crippen LogP contribution in [-0.4, -0.2) is 44.8 Å². The third kappa shape index (κ3) is 4.85. The van der Waals surface area contributed by atoms with Crippen LogP contribution in [0.2, 0.25) is 0 Å². The van der Waals surface area contributed by atoms with Crippen LogP contribution >= 0.6 is 15.9 Å². The molecule has 0 unspecified atom stereocenters. The molecule has 1 saturated heterocycles. The molecule has 0 aliphatic carbocycles. The molecule has 1 N–H and O–H groups in total. The van der Waals surface area contributed by atoms with Crippen molar-refractivity contribution in [2.45, 2.75) is 32.7 Å². The summed E-state index contributed by atoms with van der Waals surface area (Å²) in [6.45, 7) is 3.75. The van der Waals surface area contributed by atoms with Crippen LogP contribution in [0.25, 0.3) is 5.69 Å². The van der Waals surface area contributed by atoms with E-state index in [1.807, 2.05) is 60.4 Å². The van der Waals surface area contributed by atoms with Crippen molar-refractivity contribution in [1.82, 2.24) is 25.2 Å². The number of nitrogens with zero attached hydrogens (tertiary/aromatic N) is 4. The smallest absolute Gasteiger partial charge is 0.274 e. The monoisotopic (exact) mass is 481 g/mol. The second kappa shape index (κ2) is 9.43. The number of benzene rings is 2. The van der Waals surface area contributed by atoms with E-state index >= 15 is 0 Å². The summed E-state index contributed by atoms with van der Waals surface area (Å²) in [5.41, 5.74) is 3.28. The highest BCUT2D eigenvalue weighted by Gasteiger charge is 2.19. The molecule has 2 aromatic carbocycles. The Morgan fingerprint density at radius 3 is 2.61 bits per heavy atom. The van der Waals surface area contributed by atoms with Gasteiger partial charge in [-0.05, 0) is 62.1 Å². The van der Waals surface area contributed by atoms with Crippen molar-refractivity contribution in [2.75, 3.05) is 13.1 Å². The molecule has 0 spiro atoms. The summed E-state index contributed by atoms with van der Waals surface area (Å²) in [6, 6.07) is 15.1. The lowest BCUT2D eigenvalue weighted by molar-refractivity contribution is 0.0724. The van der Waals surface area contributed by atoms with Crippen LogP contribution in [0.4, 0.5) is 0 Å². The van der Waals surface area contributed by atoms with Gasteiger partial charge in [-0.3, -0.25) is 9.59 Å². The summed E-state index contributed by atoms with van der Waals surface area (Å²) < 4.78 is 2.56. The first-order valence-electron chi connectivity index (χ1n) is 10.4. The number of rotatable bonds is 5. The summed E-state index contributed by atoms with van der Waals surface area (Å²) in [7, 11) is 0. The molecule has 0 radical (unpaired) electrons. The quantitative estimate of drug-likeness (QED) is 0.599. The van der Waals surface area contributed by atoms with Gasteiger partial charge in [0.15, 0.2) is 5.69 Å². The highest BCUT2D eigenvalue weighted by Crippen LogP contribution is 2.18. The number of aromatic nitrogens is 3. The standard InChI is InChI=1S/C23H24BrN5O2/c1-16-21(26-27-29(16)20-10-6-9-19(24)14-20)22(30)25-15-17-7-5-8-18(13-17)23(31)28-11-3-2-4-12-28/h5-10,13-14H,2-4,11-12,15H2,1H3,(H,25,30). The van der Waals surface area contributed by atoms with Gasteiger partial charge in [0, 0.05) is 29.7 Å². The maximum atomic E-state index is 12.7. The largest absolute Gasteiger partial charge is 0.347 e. The Bertz CT molecular complexity index is 1100. The average Bonchev–Trinajstić information content (AvgIpc) is 3.19. The molecule has 1 fully saturated rings. The molecule has 0 atom stereocenters. The molecule has 160 valence electrons. The number of halogens is 1. The lowest BCUT2D eigenvalue weighted by atomic mass is 10.1. The topological polar surface area (TPSA) is 80.1 Å². The van der Waals surface area contributed by atoms with Crippen LogP contribution < -0.4 is 5.32 Å². The fourth-order valence-corrected chi connectivity index (χ4v) is 4.14. The lowest BCUT2D eigenvalue weighted by Crippen LogP contribution is -2.35. The molecule has 8 heteroatoms. The predicted octanol–water partition coefficient (Wildman–Crippen LogP) is 3.89. The van der Waals surface area contributed by atoms with Gasteiger partial charge in [-0.1, -0.05) is 39.3 Å². The van der Waals surface area contributed by atoms with E-state index in [2.05, 4.69) is 31.6 Å². The highest BCUT2D eigenvalue weighted by atomic mass is 79.9. The number of carbonyl (C=O) groups is 2. The Kier molecular flexibility index (Phi) is 6.46. The lowest BCUT2D eigenvalue weighted by Gasteiger charge is -2.26. The second-order valence-electron chi connectivity index (χ2n) is 7.65. The van der Waals surface area contributed by atoms with E-state index in [9.17, 15) is 9.59 Å². The van der Waals surface area contributed by atoms with Gasteiger partial charge in [0.05, 0.1) is 11.4 Å². The van der Waals surface area contributed by atoms with Crippen molar-refractivity contribution in [3.05, 3.63) is 75.5 Å². The van der Waals surface area contributed by atoms with Gasteiger partial charge < -0.3 is 10.2 Å². The molecular weight excluding hydrogens is 458 g/mol. The molecule has 2 heterocycles. The Labute approximate surface area is 189 Å².